The van der Waals surface area contributed by atoms with E-state index in [2.05, 4.69) is 11.6 Å². The molecule has 12 heavy (non-hydrogen) atoms. The molecule has 0 bridgehead atoms. The van der Waals surface area contributed by atoms with Crippen molar-refractivity contribution in [2.45, 2.75) is 25.3 Å². The summed E-state index contributed by atoms with van der Waals surface area (Å²) in [5, 5.41) is 3.58. The van der Waals surface area contributed by atoms with Gasteiger partial charge in [-0.15, -0.1) is 0 Å². The third-order valence-electron chi connectivity index (χ3n) is 2.67. The largest absolute Gasteiger partial charge is 0.330 e. The van der Waals surface area contributed by atoms with Gasteiger partial charge >= 0.3 is 0 Å². The molecule has 2 nitrogen and oxygen atoms in total. The number of rotatable bonds is 5. The van der Waals surface area contributed by atoms with E-state index in [1.54, 1.807) is 0 Å². The molecule has 0 radical (unpaired) electrons. The van der Waals surface area contributed by atoms with Gasteiger partial charge in [0.05, 0.1) is 0 Å². The quantitative estimate of drug-likeness (QED) is 0.634. The Morgan fingerprint density at radius 1 is 1.50 bits per heavy atom. The van der Waals surface area contributed by atoms with Crippen LogP contribution in [0, 0.1) is 5.92 Å². The Morgan fingerprint density at radius 3 is 3.00 bits per heavy atom. The molecule has 0 aromatic heterocycles. The predicted octanol–water partition coefficient (Wildman–Crippen LogP) is 1.07. The minimum Gasteiger partial charge on any atom is -0.330 e. The van der Waals surface area contributed by atoms with E-state index in [0.29, 0.717) is 6.04 Å². The summed E-state index contributed by atoms with van der Waals surface area (Å²) in [6.07, 6.45) is 6.17. The van der Waals surface area contributed by atoms with Crippen molar-refractivity contribution < 1.29 is 0 Å². The molecule has 0 saturated heterocycles. The Bertz CT molecular complexity index is 119. The van der Waals surface area contributed by atoms with Crippen molar-refractivity contribution >= 4 is 11.8 Å². The third-order valence-corrected chi connectivity index (χ3v) is 3.29. The average molecular weight is 188 g/mol. The Morgan fingerprint density at radius 2 is 2.33 bits per heavy atom. The first-order valence-corrected chi connectivity index (χ1v) is 6.20. The molecule has 72 valence electrons. The first-order chi connectivity index (χ1) is 5.88. The average Bonchev–Trinajstić information content (AvgIpc) is 2.52. The van der Waals surface area contributed by atoms with Gasteiger partial charge < -0.3 is 11.1 Å². The van der Waals surface area contributed by atoms with Gasteiger partial charge in [0, 0.05) is 18.3 Å². The van der Waals surface area contributed by atoms with Crippen LogP contribution in [-0.4, -0.2) is 31.1 Å². The molecule has 0 aromatic carbocycles. The Labute approximate surface area is 79.7 Å². The maximum absolute atomic E-state index is 5.68. The van der Waals surface area contributed by atoms with Gasteiger partial charge in [-0.2, -0.15) is 11.8 Å². The van der Waals surface area contributed by atoms with Crippen molar-refractivity contribution in [2.75, 3.05) is 25.1 Å². The normalized spacial score (nSPS) is 29.5. The lowest BCUT2D eigenvalue weighted by Gasteiger charge is -2.18. The Balaban J connectivity index is 2.12. The van der Waals surface area contributed by atoms with Crippen LogP contribution in [0.3, 0.4) is 0 Å². The number of nitrogens with one attached hydrogen (secondary N) is 1. The fraction of sp³-hybridized carbons (Fsp3) is 1.00. The van der Waals surface area contributed by atoms with E-state index >= 15 is 0 Å². The van der Waals surface area contributed by atoms with Crippen LogP contribution in [0.1, 0.15) is 19.3 Å². The van der Waals surface area contributed by atoms with Crippen LogP contribution in [0.5, 0.6) is 0 Å². The van der Waals surface area contributed by atoms with Crippen molar-refractivity contribution in [1.82, 2.24) is 5.32 Å². The molecule has 1 aliphatic rings. The minimum absolute atomic E-state index is 0.710. The summed E-state index contributed by atoms with van der Waals surface area (Å²) in [7, 11) is 0. The van der Waals surface area contributed by atoms with Gasteiger partial charge in [-0.3, -0.25) is 0 Å². The highest BCUT2D eigenvalue weighted by molar-refractivity contribution is 7.98. The molecule has 3 N–H and O–H groups in total. The Kier molecular flexibility index (Phi) is 5.04. The van der Waals surface area contributed by atoms with Crippen molar-refractivity contribution in [3.8, 4) is 0 Å². The highest BCUT2D eigenvalue weighted by Crippen LogP contribution is 2.24. The second-order valence-electron chi connectivity index (χ2n) is 3.48. The first kappa shape index (κ1) is 10.4. The van der Waals surface area contributed by atoms with Gasteiger partial charge in [-0.25, -0.2) is 0 Å². The summed E-state index contributed by atoms with van der Waals surface area (Å²) in [5.41, 5.74) is 5.68. The lowest BCUT2D eigenvalue weighted by Crippen LogP contribution is -2.37. The molecular weight excluding hydrogens is 168 g/mol. The second-order valence-corrected chi connectivity index (χ2v) is 4.47. The summed E-state index contributed by atoms with van der Waals surface area (Å²) in [6, 6.07) is 0.710. The number of hydrogen-bond acceptors (Lipinski definition) is 3. The van der Waals surface area contributed by atoms with Crippen LogP contribution in [0.2, 0.25) is 0 Å². The highest BCUT2D eigenvalue weighted by atomic mass is 32.2. The predicted molar refractivity (Wildman–Crippen MR) is 56.6 cm³/mol. The number of thioether (sulfide) groups is 1. The van der Waals surface area contributed by atoms with Crippen LogP contribution in [-0.2, 0) is 0 Å². The van der Waals surface area contributed by atoms with Crippen LogP contribution < -0.4 is 11.1 Å². The molecule has 0 aliphatic heterocycles. The molecule has 1 rings (SSSR count). The van der Waals surface area contributed by atoms with Crippen molar-refractivity contribution in [1.29, 1.82) is 0 Å². The third kappa shape index (κ3) is 2.96. The maximum Gasteiger partial charge on any atom is 0.0108 e. The topological polar surface area (TPSA) is 38.0 Å². The number of nitrogens with two attached hydrogens (primary N) is 1. The monoisotopic (exact) mass is 188 g/mol. The SMILES string of the molecule is CSCCNC1CCCC1CN. The molecule has 0 aromatic rings. The van der Waals surface area contributed by atoms with E-state index in [9.17, 15) is 0 Å². The zero-order chi connectivity index (χ0) is 8.81. The fourth-order valence-corrected chi connectivity index (χ4v) is 2.26. The second kappa shape index (κ2) is 5.84. The van der Waals surface area contributed by atoms with Gasteiger partial charge in [0.25, 0.3) is 0 Å². The standard InChI is InChI=1S/C9H20N2S/c1-12-6-5-11-9-4-2-3-8(9)7-10/h8-9,11H,2-7,10H2,1H3. The van der Waals surface area contributed by atoms with Crippen LogP contribution >= 0.6 is 11.8 Å². The summed E-state index contributed by atoms with van der Waals surface area (Å²) in [4.78, 5) is 0. The molecule has 1 aliphatic carbocycles. The minimum atomic E-state index is 0.710. The highest BCUT2D eigenvalue weighted by Gasteiger charge is 2.24. The van der Waals surface area contributed by atoms with Crippen LogP contribution in [0.4, 0.5) is 0 Å². The molecular formula is C9H20N2S. The van der Waals surface area contributed by atoms with Crippen LogP contribution in [0.15, 0.2) is 0 Å². The molecule has 2 unspecified atom stereocenters. The summed E-state index contributed by atoms with van der Waals surface area (Å²) < 4.78 is 0. The van der Waals surface area contributed by atoms with Gasteiger partial charge in [0.15, 0.2) is 0 Å². The summed E-state index contributed by atoms with van der Waals surface area (Å²) >= 11 is 1.90. The summed E-state index contributed by atoms with van der Waals surface area (Å²) in [5.74, 6) is 1.96. The molecule has 0 amide bonds. The Hall–Kier alpha value is 0.270. The molecule has 1 saturated carbocycles. The van der Waals surface area contributed by atoms with E-state index in [1.165, 1.54) is 25.0 Å². The van der Waals surface area contributed by atoms with E-state index in [-0.39, 0.29) is 0 Å². The van der Waals surface area contributed by atoms with E-state index in [0.717, 1.165) is 19.0 Å². The van der Waals surface area contributed by atoms with Gasteiger partial charge in [0.2, 0.25) is 0 Å². The fourth-order valence-electron chi connectivity index (χ4n) is 1.93. The van der Waals surface area contributed by atoms with E-state index < -0.39 is 0 Å². The van der Waals surface area contributed by atoms with Crippen molar-refractivity contribution in [2.24, 2.45) is 11.7 Å². The first-order valence-electron chi connectivity index (χ1n) is 4.81. The smallest absolute Gasteiger partial charge is 0.0108 e. The molecule has 3 heteroatoms. The van der Waals surface area contributed by atoms with E-state index in [1.807, 2.05) is 11.8 Å². The molecule has 0 spiro atoms. The van der Waals surface area contributed by atoms with E-state index in [4.69, 9.17) is 5.73 Å². The zero-order valence-electron chi connectivity index (χ0n) is 7.88. The van der Waals surface area contributed by atoms with Gasteiger partial charge in [0.1, 0.15) is 0 Å². The zero-order valence-corrected chi connectivity index (χ0v) is 8.70. The van der Waals surface area contributed by atoms with Gasteiger partial charge in [-0.1, -0.05) is 6.42 Å². The van der Waals surface area contributed by atoms with Crippen molar-refractivity contribution in [3.63, 3.8) is 0 Å². The molecule has 2 atom stereocenters. The molecule has 1 fully saturated rings. The van der Waals surface area contributed by atoms with Crippen molar-refractivity contribution in [3.05, 3.63) is 0 Å². The van der Waals surface area contributed by atoms with Crippen LogP contribution in [0.25, 0.3) is 0 Å². The maximum atomic E-state index is 5.68. The lowest BCUT2D eigenvalue weighted by atomic mass is 10.0. The molecule has 0 heterocycles. The summed E-state index contributed by atoms with van der Waals surface area (Å²) in [6.45, 7) is 2.00. The van der Waals surface area contributed by atoms with Gasteiger partial charge in [-0.05, 0) is 31.6 Å². The number of hydrogen-bond donors (Lipinski definition) is 2. The lowest BCUT2D eigenvalue weighted by molar-refractivity contribution is 0.417.